The van der Waals surface area contributed by atoms with Crippen LogP contribution in [0.4, 0.5) is 0 Å². The Morgan fingerprint density at radius 1 is 1.53 bits per heavy atom. The van der Waals surface area contributed by atoms with E-state index >= 15 is 0 Å². The molecule has 0 aliphatic heterocycles. The molecule has 0 aromatic carbocycles. The number of carboxylic acids is 1. The Bertz CT molecular complexity index is 537. The molecule has 0 spiro atoms. The molecule has 0 bridgehead atoms. The first-order valence-electron chi connectivity index (χ1n) is 4.18. The molecule has 0 radical (unpaired) electrons. The quantitative estimate of drug-likeness (QED) is 0.836. The fourth-order valence-corrected chi connectivity index (χ4v) is 1.61. The lowest BCUT2D eigenvalue weighted by molar-refractivity contribution is 0.0687. The summed E-state index contributed by atoms with van der Waals surface area (Å²) >= 11 is 3.17. The Morgan fingerprint density at radius 2 is 2.27 bits per heavy atom. The Kier molecular flexibility index (Phi) is 2.39. The minimum absolute atomic E-state index is 0.192. The van der Waals surface area contributed by atoms with Gasteiger partial charge in [0.15, 0.2) is 4.60 Å². The SMILES string of the molecule is CCc1nc(Br)c2onc(C(=O)O)c2n1. The molecular weight excluding hydrogens is 266 g/mol. The van der Waals surface area contributed by atoms with Crippen molar-refractivity contribution in [1.82, 2.24) is 15.1 Å². The van der Waals surface area contributed by atoms with E-state index in [2.05, 4.69) is 31.1 Å². The van der Waals surface area contributed by atoms with Crippen molar-refractivity contribution in [3.05, 3.63) is 16.1 Å². The highest BCUT2D eigenvalue weighted by molar-refractivity contribution is 9.10. The summed E-state index contributed by atoms with van der Waals surface area (Å²) in [4.78, 5) is 18.9. The third-order valence-electron chi connectivity index (χ3n) is 1.84. The Morgan fingerprint density at radius 3 is 2.87 bits per heavy atom. The molecule has 1 N–H and O–H groups in total. The predicted molar refractivity (Wildman–Crippen MR) is 53.6 cm³/mol. The summed E-state index contributed by atoms with van der Waals surface area (Å²) in [6, 6.07) is 0. The number of hydrogen-bond donors (Lipinski definition) is 1. The maximum absolute atomic E-state index is 10.8. The van der Waals surface area contributed by atoms with Gasteiger partial charge in [-0.05, 0) is 15.9 Å². The van der Waals surface area contributed by atoms with E-state index in [1.54, 1.807) is 0 Å². The molecule has 2 aromatic heterocycles. The molecule has 0 fully saturated rings. The molecule has 0 amide bonds. The molecular formula is C8H6BrN3O3. The fourth-order valence-electron chi connectivity index (χ4n) is 1.14. The largest absolute Gasteiger partial charge is 0.476 e. The van der Waals surface area contributed by atoms with Crippen LogP contribution in [0.3, 0.4) is 0 Å². The van der Waals surface area contributed by atoms with Gasteiger partial charge in [-0.1, -0.05) is 12.1 Å². The summed E-state index contributed by atoms with van der Waals surface area (Å²) in [5.74, 6) is -0.624. The van der Waals surface area contributed by atoms with E-state index in [0.717, 1.165) is 0 Å². The van der Waals surface area contributed by atoms with E-state index in [9.17, 15) is 4.79 Å². The third kappa shape index (κ3) is 1.58. The number of aromatic nitrogens is 3. The smallest absolute Gasteiger partial charge is 0.360 e. The molecule has 15 heavy (non-hydrogen) atoms. The number of rotatable bonds is 2. The highest BCUT2D eigenvalue weighted by Gasteiger charge is 2.19. The van der Waals surface area contributed by atoms with Crippen LogP contribution in [0, 0.1) is 0 Å². The topological polar surface area (TPSA) is 89.1 Å². The van der Waals surface area contributed by atoms with Gasteiger partial charge in [-0.2, -0.15) is 0 Å². The number of carbonyl (C=O) groups is 1. The van der Waals surface area contributed by atoms with E-state index in [-0.39, 0.29) is 16.8 Å². The van der Waals surface area contributed by atoms with Gasteiger partial charge in [-0.3, -0.25) is 0 Å². The lowest BCUT2D eigenvalue weighted by Crippen LogP contribution is -2.00. The first-order chi connectivity index (χ1) is 7.13. The van der Waals surface area contributed by atoms with Gasteiger partial charge in [0.05, 0.1) is 0 Å². The second-order valence-electron chi connectivity index (χ2n) is 2.80. The van der Waals surface area contributed by atoms with Gasteiger partial charge < -0.3 is 9.63 Å². The molecule has 0 aliphatic carbocycles. The average Bonchev–Trinajstić information content (AvgIpc) is 2.61. The number of halogens is 1. The monoisotopic (exact) mass is 271 g/mol. The van der Waals surface area contributed by atoms with Gasteiger partial charge in [0.1, 0.15) is 11.3 Å². The standard InChI is InChI=1S/C8H6BrN3O3/c1-2-3-10-4-5(8(13)14)12-15-6(4)7(9)11-3/h2H2,1H3,(H,13,14). The molecule has 0 saturated heterocycles. The lowest BCUT2D eigenvalue weighted by Gasteiger charge is -1.96. The summed E-state index contributed by atoms with van der Waals surface area (Å²) < 4.78 is 5.26. The predicted octanol–water partition coefficient (Wildman–Crippen LogP) is 1.64. The van der Waals surface area contributed by atoms with Crippen LogP contribution in [0.1, 0.15) is 23.2 Å². The van der Waals surface area contributed by atoms with Crippen LogP contribution in [-0.2, 0) is 6.42 Å². The highest BCUT2D eigenvalue weighted by Crippen LogP contribution is 2.23. The molecule has 7 heteroatoms. The van der Waals surface area contributed by atoms with Crippen molar-refractivity contribution >= 4 is 33.0 Å². The van der Waals surface area contributed by atoms with Crippen molar-refractivity contribution in [2.45, 2.75) is 13.3 Å². The lowest BCUT2D eigenvalue weighted by atomic mass is 10.3. The normalized spacial score (nSPS) is 10.8. The van der Waals surface area contributed by atoms with E-state index in [0.29, 0.717) is 16.8 Å². The van der Waals surface area contributed by atoms with Crippen molar-refractivity contribution in [3.63, 3.8) is 0 Å². The zero-order valence-corrected chi connectivity index (χ0v) is 9.28. The molecule has 78 valence electrons. The summed E-state index contributed by atoms with van der Waals surface area (Å²) in [6.07, 6.45) is 0.610. The first-order valence-corrected chi connectivity index (χ1v) is 4.98. The maximum Gasteiger partial charge on any atom is 0.360 e. The molecule has 0 aliphatic rings. The van der Waals surface area contributed by atoms with Crippen molar-refractivity contribution in [1.29, 1.82) is 0 Å². The first kappa shape index (κ1) is 10.0. The second-order valence-corrected chi connectivity index (χ2v) is 3.55. The van der Waals surface area contributed by atoms with Crippen LogP contribution < -0.4 is 0 Å². The van der Waals surface area contributed by atoms with Crippen molar-refractivity contribution < 1.29 is 14.4 Å². The summed E-state index contributed by atoms with van der Waals surface area (Å²) in [5.41, 5.74) is 0.286. The van der Waals surface area contributed by atoms with E-state index < -0.39 is 5.97 Å². The van der Waals surface area contributed by atoms with E-state index in [1.807, 2.05) is 6.92 Å². The average molecular weight is 272 g/mol. The fraction of sp³-hybridized carbons (Fsp3) is 0.250. The number of aromatic carboxylic acids is 1. The molecule has 0 saturated carbocycles. The zero-order valence-electron chi connectivity index (χ0n) is 7.69. The third-order valence-corrected chi connectivity index (χ3v) is 2.38. The van der Waals surface area contributed by atoms with Crippen LogP contribution in [0.2, 0.25) is 0 Å². The summed E-state index contributed by atoms with van der Waals surface area (Å²) in [6.45, 7) is 1.88. The maximum atomic E-state index is 10.8. The van der Waals surface area contributed by atoms with Gasteiger partial charge in [0.25, 0.3) is 0 Å². The van der Waals surface area contributed by atoms with Gasteiger partial charge in [0, 0.05) is 6.42 Å². The van der Waals surface area contributed by atoms with Gasteiger partial charge in [0.2, 0.25) is 11.3 Å². The summed E-state index contributed by atoms with van der Waals surface area (Å²) in [7, 11) is 0. The number of hydrogen-bond acceptors (Lipinski definition) is 5. The van der Waals surface area contributed by atoms with Crippen molar-refractivity contribution in [3.8, 4) is 0 Å². The van der Waals surface area contributed by atoms with Crippen LogP contribution in [0.25, 0.3) is 11.1 Å². The number of aryl methyl sites for hydroxylation is 1. The van der Waals surface area contributed by atoms with Gasteiger partial charge in [-0.15, -0.1) is 0 Å². The molecule has 0 atom stereocenters. The number of fused-ring (bicyclic) bond motifs is 1. The van der Waals surface area contributed by atoms with Gasteiger partial charge >= 0.3 is 5.97 Å². The van der Waals surface area contributed by atoms with Crippen molar-refractivity contribution in [2.75, 3.05) is 0 Å². The highest BCUT2D eigenvalue weighted by atomic mass is 79.9. The molecule has 2 rings (SSSR count). The summed E-state index contributed by atoms with van der Waals surface area (Å²) in [5, 5.41) is 12.3. The molecule has 2 heterocycles. The number of nitrogens with zero attached hydrogens (tertiary/aromatic N) is 3. The zero-order chi connectivity index (χ0) is 11.0. The van der Waals surface area contributed by atoms with E-state index in [4.69, 9.17) is 9.63 Å². The molecule has 2 aromatic rings. The Hall–Kier alpha value is -1.50. The minimum Gasteiger partial charge on any atom is -0.476 e. The minimum atomic E-state index is -1.17. The Labute approximate surface area is 92.4 Å². The van der Waals surface area contributed by atoms with Crippen molar-refractivity contribution in [2.24, 2.45) is 0 Å². The van der Waals surface area contributed by atoms with Crippen LogP contribution in [0.5, 0.6) is 0 Å². The number of carboxylic acid groups (broad SMARTS) is 1. The van der Waals surface area contributed by atoms with Crippen LogP contribution in [-0.4, -0.2) is 26.2 Å². The van der Waals surface area contributed by atoms with Gasteiger partial charge in [-0.25, -0.2) is 14.8 Å². The van der Waals surface area contributed by atoms with Crippen LogP contribution in [0.15, 0.2) is 9.13 Å². The Balaban J connectivity index is 2.78. The van der Waals surface area contributed by atoms with Crippen LogP contribution >= 0.6 is 15.9 Å². The van der Waals surface area contributed by atoms with E-state index in [1.165, 1.54) is 0 Å². The molecule has 0 unspecified atom stereocenters. The molecule has 6 nitrogen and oxygen atoms in total. The second kappa shape index (κ2) is 3.58.